The number of halogens is 2. The third-order valence-electron chi connectivity index (χ3n) is 3.01. The van der Waals surface area contributed by atoms with E-state index in [-0.39, 0.29) is 12.3 Å². The van der Waals surface area contributed by atoms with Crippen molar-refractivity contribution in [2.24, 2.45) is 0 Å². The van der Waals surface area contributed by atoms with Crippen LogP contribution in [0, 0.1) is 0 Å². The molecule has 1 amide bonds. The van der Waals surface area contributed by atoms with Crippen LogP contribution >= 0.6 is 23.2 Å². The molecule has 21 heavy (non-hydrogen) atoms. The molecule has 1 aromatic carbocycles. The molecule has 1 rings (SSSR count). The first kappa shape index (κ1) is 17.8. The normalized spacial score (nSPS) is 10.4. The number of carboxylic acids is 1. The lowest BCUT2D eigenvalue weighted by atomic mass is 10.1. The van der Waals surface area contributed by atoms with Crippen molar-refractivity contribution >= 4 is 35.1 Å². The summed E-state index contributed by atoms with van der Waals surface area (Å²) in [5.74, 6) is -0.792. The van der Waals surface area contributed by atoms with Gasteiger partial charge in [0.25, 0.3) is 0 Å². The number of unbranched alkanes of at least 4 members (excludes halogenated alkanes) is 2. The van der Waals surface area contributed by atoms with E-state index in [0.29, 0.717) is 35.9 Å². The summed E-state index contributed by atoms with van der Waals surface area (Å²) >= 11 is 11.7. The lowest BCUT2D eigenvalue weighted by molar-refractivity contribution is -0.137. The summed E-state index contributed by atoms with van der Waals surface area (Å²) in [6.07, 6.45) is 3.44. The molecule has 0 unspecified atom stereocenters. The Kier molecular flexibility index (Phi) is 8.16. The summed E-state index contributed by atoms with van der Waals surface area (Å²) in [7, 11) is 0. The van der Waals surface area contributed by atoms with E-state index >= 15 is 0 Å². The Labute approximate surface area is 134 Å². The van der Waals surface area contributed by atoms with Gasteiger partial charge in [0.1, 0.15) is 0 Å². The van der Waals surface area contributed by atoms with Crippen molar-refractivity contribution in [2.75, 3.05) is 6.54 Å². The fourth-order valence-corrected chi connectivity index (χ4v) is 2.17. The number of rotatable bonds is 9. The van der Waals surface area contributed by atoms with Gasteiger partial charge in [-0.25, -0.2) is 0 Å². The molecule has 0 aliphatic carbocycles. The molecule has 0 saturated carbocycles. The second-order valence-electron chi connectivity index (χ2n) is 4.80. The zero-order valence-electron chi connectivity index (χ0n) is 11.7. The molecule has 0 fully saturated rings. The summed E-state index contributed by atoms with van der Waals surface area (Å²) in [4.78, 5) is 22.0. The largest absolute Gasteiger partial charge is 0.481 e. The van der Waals surface area contributed by atoms with E-state index < -0.39 is 5.97 Å². The van der Waals surface area contributed by atoms with Crippen LogP contribution in [-0.4, -0.2) is 23.5 Å². The molecule has 0 aliphatic rings. The average Bonchev–Trinajstić information content (AvgIpc) is 2.43. The van der Waals surface area contributed by atoms with Gasteiger partial charge >= 0.3 is 5.97 Å². The average molecular weight is 332 g/mol. The van der Waals surface area contributed by atoms with E-state index in [9.17, 15) is 9.59 Å². The van der Waals surface area contributed by atoms with Crippen molar-refractivity contribution in [1.82, 2.24) is 5.32 Å². The molecule has 116 valence electrons. The van der Waals surface area contributed by atoms with Crippen LogP contribution in [-0.2, 0) is 16.0 Å². The molecule has 4 nitrogen and oxygen atoms in total. The van der Waals surface area contributed by atoms with E-state index in [2.05, 4.69) is 5.32 Å². The lowest BCUT2D eigenvalue weighted by Gasteiger charge is -2.06. The topological polar surface area (TPSA) is 66.4 Å². The van der Waals surface area contributed by atoms with E-state index in [1.807, 2.05) is 6.07 Å². The molecule has 0 saturated heterocycles. The van der Waals surface area contributed by atoms with Crippen molar-refractivity contribution in [3.05, 3.63) is 33.8 Å². The predicted molar refractivity (Wildman–Crippen MR) is 83.9 cm³/mol. The Morgan fingerprint density at radius 3 is 2.48 bits per heavy atom. The Morgan fingerprint density at radius 2 is 1.81 bits per heavy atom. The number of benzene rings is 1. The highest BCUT2D eigenvalue weighted by Gasteiger charge is 2.04. The first-order chi connectivity index (χ1) is 9.99. The third-order valence-corrected chi connectivity index (χ3v) is 3.75. The van der Waals surface area contributed by atoms with Crippen molar-refractivity contribution in [3.63, 3.8) is 0 Å². The number of carboxylic acid groups (broad SMARTS) is 1. The maximum atomic E-state index is 11.6. The second kappa shape index (κ2) is 9.64. The SMILES string of the molecule is O=C(O)CCCCCNC(=O)CCc1ccc(Cl)c(Cl)c1. The fourth-order valence-electron chi connectivity index (χ4n) is 1.85. The van der Waals surface area contributed by atoms with Crippen LogP contribution < -0.4 is 5.32 Å². The molecule has 0 aliphatic heterocycles. The monoisotopic (exact) mass is 331 g/mol. The summed E-state index contributed by atoms with van der Waals surface area (Å²) < 4.78 is 0. The number of amides is 1. The number of carbonyl (C=O) groups excluding carboxylic acids is 1. The molecule has 1 aromatic rings. The molecule has 2 N–H and O–H groups in total. The molecule has 0 radical (unpaired) electrons. The quantitative estimate of drug-likeness (QED) is 0.678. The highest BCUT2D eigenvalue weighted by Crippen LogP contribution is 2.23. The maximum absolute atomic E-state index is 11.6. The van der Waals surface area contributed by atoms with E-state index in [1.54, 1.807) is 12.1 Å². The number of hydrogen-bond donors (Lipinski definition) is 2. The third kappa shape index (κ3) is 7.93. The molecule has 6 heteroatoms. The zero-order chi connectivity index (χ0) is 15.7. The van der Waals surface area contributed by atoms with Crippen molar-refractivity contribution < 1.29 is 14.7 Å². The van der Waals surface area contributed by atoms with Gasteiger partial charge < -0.3 is 10.4 Å². The van der Waals surface area contributed by atoms with Gasteiger partial charge in [-0.3, -0.25) is 9.59 Å². The standard InChI is InChI=1S/C15H19Cl2NO3/c16-12-7-5-11(10-13(12)17)6-8-14(19)18-9-3-1-2-4-15(20)21/h5,7,10H,1-4,6,8-9H2,(H,18,19)(H,20,21). The molecule has 0 aromatic heterocycles. The first-order valence-electron chi connectivity index (χ1n) is 6.91. The van der Waals surface area contributed by atoms with Crippen LogP contribution in [0.25, 0.3) is 0 Å². The summed E-state index contributed by atoms with van der Waals surface area (Å²) in [6, 6.07) is 5.34. The highest BCUT2D eigenvalue weighted by atomic mass is 35.5. The second-order valence-corrected chi connectivity index (χ2v) is 5.62. The van der Waals surface area contributed by atoms with Crippen LogP contribution in [0.15, 0.2) is 18.2 Å². The van der Waals surface area contributed by atoms with Crippen LogP contribution in [0.4, 0.5) is 0 Å². The Hall–Kier alpha value is -1.26. The van der Waals surface area contributed by atoms with E-state index in [0.717, 1.165) is 18.4 Å². The van der Waals surface area contributed by atoms with Crippen LogP contribution in [0.5, 0.6) is 0 Å². The molecule has 0 atom stereocenters. The summed E-state index contributed by atoms with van der Waals surface area (Å²) in [5.41, 5.74) is 0.973. The number of aryl methyl sites for hydroxylation is 1. The molecule has 0 heterocycles. The van der Waals surface area contributed by atoms with Crippen LogP contribution in [0.1, 0.15) is 37.7 Å². The van der Waals surface area contributed by atoms with Gasteiger partial charge in [0.05, 0.1) is 10.0 Å². The van der Waals surface area contributed by atoms with Gasteiger partial charge in [-0.05, 0) is 37.0 Å². The Morgan fingerprint density at radius 1 is 1.05 bits per heavy atom. The van der Waals surface area contributed by atoms with Crippen LogP contribution in [0.2, 0.25) is 10.0 Å². The van der Waals surface area contributed by atoms with E-state index in [1.165, 1.54) is 0 Å². The van der Waals surface area contributed by atoms with Gasteiger partial charge in [0.15, 0.2) is 0 Å². The van der Waals surface area contributed by atoms with Gasteiger partial charge in [-0.1, -0.05) is 35.7 Å². The molecular formula is C15H19Cl2NO3. The summed E-state index contributed by atoms with van der Waals surface area (Å²) in [5, 5.41) is 12.3. The molecule has 0 spiro atoms. The highest BCUT2D eigenvalue weighted by molar-refractivity contribution is 6.42. The van der Waals surface area contributed by atoms with Gasteiger partial charge in [-0.2, -0.15) is 0 Å². The van der Waals surface area contributed by atoms with Crippen molar-refractivity contribution in [3.8, 4) is 0 Å². The minimum Gasteiger partial charge on any atom is -0.481 e. The number of nitrogens with one attached hydrogen (secondary N) is 1. The Balaban J connectivity index is 2.13. The summed E-state index contributed by atoms with van der Waals surface area (Å²) in [6.45, 7) is 0.583. The minimum absolute atomic E-state index is 0.0145. The molecule has 0 bridgehead atoms. The zero-order valence-corrected chi connectivity index (χ0v) is 13.2. The lowest BCUT2D eigenvalue weighted by Crippen LogP contribution is -2.24. The number of carbonyl (C=O) groups is 2. The van der Waals surface area contributed by atoms with Crippen molar-refractivity contribution in [2.45, 2.75) is 38.5 Å². The van der Waals surface area contributed by atoms with Gasteiger partial charge in [0, 0.05) is 19.4 Å². The van der Waals surface area contributed by atoms with Gasteiger partial charge in [-0.15, -0.1) is 0 Å². The number of hydrogen-bond acceptors (Lipinski definition) is 2. The predicted octanol–water partition coefficient (Wildman–Crippen LogP) is 3.69. The number of aliphatic carboxylic acids is 1. The minimum atomic E-state index is -0.777. The van der Waals surface area contributed by atoms with E-state index in [4.69, 9.17) is 28.3 Å². The smallest absolute Gasteiger partial charge is 0.303 e. The van der Waals surface area contributed by atoms with Gasteiger partial charge in [0.2, 0.25) is 5.91 Å². The Bertz CT molecular complexity index is 492. The van der Waals surface area contributed by atoms with Crippen LogP contribution in [0.3, 0.4) is 0 Å². The first-order valence-corrected chi connectivity index (χ1v) is 7.67. The fraction of sp³-hybridized carbons (Fsp3) is 0.467. The van der Waals surface area contributed by atoms with Crippen molar-refractivity contribution in [1.29, 1.82) is 0 Å². The maximum Gasteiger partial charge on any atom is 0.303 e. The molecular weight excluding hydrogens is 313 g/mol.